The van der Waals surface area contributed by atoms with Crippen LogP contribution in [0.4, 0.5) is 0 Å². The van der Waals surface area contributed by atoms with Crippen LogP contribution in [0.25, 0.3) is 0 Å². The van der Waals surface area contributed by atoms with E-state index in [1.165, 1.54) is 0 Å². The largest absolute Gasteiger partial charge is 0.497 e. The first kappa shape index (κ1) is 9.14. The highest BCUT2D eigenvalue weighted by atomic mass is 16.5. The van der Waals surface area contributed by atoms with Gasteiger partial charge in [-0.1, -0.05) is 12.1 Å². The summed E-state index contributed by atoms with van der Waals surface area (Å²) in [6.07, 6.45) is -0.555. The van der Waals surface area contributed by atoms with Gasteiger partial charge in [-0.15, -0.1) is 0 Å². The maximum atomic E-state index is 9.29. The summed E-state index contributed by atoms with van der Waals surface area (Å²) in [7, 11) is 7.26. The molecule has 0 bridgehead atoms. The van der Waals surface area contributed by atoms with Crippen LogP contribution in [0.15, 0.2) is 18.2 Å². The number of hydrogen-bond acceptors (Lipinski definition) is 2. The fourth-order valence-corrected chi connectivity index (χ4v) is 1.10. The predicted octanol–water partition coefficient (Wildman–Crippen LogP) is 0.542. The SMILES string of the molecule is [B]c1c(OC)cccc1[C@@H](C)O. The molecule has 0 aliphatic carbocycles. The molecule has 0 aromatic heterocycles. The van der Waals surface area contributed by atoms with Gasteiger partial charge in [0, 0.05) is 0 Å². The lowest BCUT2D eigenvalue weighted by Gasteiger charge is -2.12. The number of aliphatic hydroxyl groups is 1. The molecule has 2 radical (unpaired) electrons. The second-order valence-corrected chi connectivity index (χ2v) is 2.64. The third-order valence-corrected chi connectivity index (χ3v) is 1.77. The van der Waals surface area contributed by atoms with Crippen molar-refractivity contribution in [1.82, 2.24) is 0 Å². The molecule has 2 nitrogen and oxygen atoms in total. The Labute approximate surface area is 73.6 Å². The minimum atomic E-state index is -0.555. The van der Waals surface area contributed by atoms with Crippen molar-refractivity contribution in [2.24, 2.45) is 0 Å². The minimum absolute atomic E-state index is 0.509. The van der Waals surface area contributed by atoms with E-state index in [0.29, 0.717) is 16.8 Å². The van der Waals surface area contributed by atoms with Gasteiger partial charge in [0.25, 0.3) is 0 Å². The van der Waals surface area contributed by atoms with Crippen LogP contribution in [0.1, 0.15) is 18.6 Å². The van der Waals surface area contributed by atoms with E-state index in [0.717, 1.165) is 0 Å². The molecule has 62 valence electrons. The van der Waals surface area contributed by atoms with E-state index in [4.69, 9.17) is 12.6 Å². The fourth-order valence-electron chi connectivity index (χ4n) is 1.10. The first-order valence-electron chi connectivity index (χ1n) is 3.77. The van der Waals surface area contributed by atoms with Gasteiger partial charge in [-0.25, -0.2) is 0 Å². The highest BCUT2D eigenvalue weighted by Gasteiger charge is 2.06. The van der Waals surface area contributed by atoms with Crippen LogP contribution < -0.4 is 10.2 Å². The van der Waals surface area contributed by atoms with E-state index in [1.807, 2.05) is 0 Å². The Kier molecular flexibility index (Phi) is 2.76. The summed E-state index contributed by atoms with van der Waals surface area (Å²) in [6, 6.07) is 5.35. The van der Waals surface area contributed by atoms with E-state index in [1.54, 1.807) is 32.2 Å². The van der Waals surface area contributed by atoms with Crippen molar-refractivity contribution in [3.63, 3.8) is 0 Å². The molecule has 0 spiro atoms. The van der Waals surface area contributed by atoms with Crippen LogP contribution in [-0.2, 0) is 0 Å². The average molecular weight is 162 g/mol. The molecular formula is C9H11BO2. The molecule has 1 aromatic carbocycles. The van der Waals surface area contributed by atoms with Crippen molar-refractivity contribution < 1.29 is 9.84 Å². The topological polar surface area (TPSA) is 29.5 Å². The van der Waals surface area contributed by atoms with Crippen LogP contribution in [0.5, 0.6) is 5.75 Å². The number of aliphatic hydroxyl groups excluding tert-OH is 1. The van der Waals surface area contributed by atoms with Gasteiger partial charge in [-0.05, 0) is 24.0 Å². The molecular weight excluding hydrogens is 151 g/mol. The molecule has 1 N–H and O–H groups in total. The lowest BCUT2D eigenvalue weighted by Crippen LogP contribution is -2.15. The third kappa shape index (κ3) is 1.61. The molecule has 0 heterocycles. The highest BCUT2D eigenvalue weighted by molar-refractivity contribution is 6.35. The van der Waals surface area contributed by atoms with Crippen LogP contribution in [-0.4, -0.2) is 20.1 Å². The van der Waals surface area contributed by atoms with Gasteiger partial charge in [-0.3, -0.25) is 0 Å². The number of methoxy groups -OCH3 is 1. The lowest BCUT2D eigenvalue weighted by atomic mass is 9.87. The van der Waals surface area contributed by atoms with E-state index >= 15 is 0 Å². The predicted molar refractivity (Wildman–Crippen MR) is 49.0 cm³/mol. The number of hydrogen-bond donors (Lipinski definition) is 1. The molecule has 1 aromatic rings. The Hall–Kier alpha value is -0.955. The first-order chi connectivity index (χ1) is 5.66. The zero-order valence-corrected chi connectivity index (χ0v) is 7.24. The lowest BCUT2D eigenvalue weighted by molar-refractivity contribution is 0.200. The van der Waals surface area contributed by atoms with E-state index < -0.39 is 6.10 Å². The van der Waals surface area contributed by atoms with Crippen LogP contribution in [0, 0.1) is 0 Å². The third-order valence-electron chi connectivity index (χ3n) is 1.77. The Balaban J connectivity index is 3.14. The van der Waals surface area contributed by atoms with Crippen molar-refractivity contribution in [3.05, 3.63) is 23.8 Å². The second kappa shape index (κ2) is 3.63. The molecule has 0 aliphatic heterocycles. The van der Waals surface area contributed by atoms with Gasteiger partial charge in [-0.2, -0.15) is 0 Å². The number of benzene rings is 1. The van der Waals surface area contributed by atoms with Crippen LogP contribution >= 0.6 is 0 Å². The Morgan fingerprint density at radius 3 is 2.67 bits per heavy atom. The van der Waals surface area contributed by atoms with Crippen molar-refractivity contribution in [2.45, 2.75) is 13.0 Å². The normalized spacial score (nSPS) is 12.6. The van der Waals surface area contributed by atoms with E-state index in [9.17, 15) is 5.11 Å². The van der Waals surface area contributed by atoms with Crippen molar-refractivity contribution in [3.8, 4) is 5.75 Å². The molecule has 0 aliphatic rings. The van der Waals surface area contributed by atoms with Gasteiger partial charge in [0.1, 0.15) is 13.6 Å². The maximum Gasteiger partial charge on any atom is 0.119 e. The summed E-state index contributed by atoms with van der Waals surface area (Å²) in [5.41, 5.74) is 1.21. The standard InChI is InChI=1S/C9H11BO2/c1-6(11)7-4-3-5-8(12-2)9(7)10/h3-6,11H,1-2H3/t6-/m1/s1. The minimum Gasteiger partial charge on any atom is -0.497 e. The summed E-state index contributed by atoms with van der Waals surface area (Å²) >= 11 is 0. The smallest absolute Gasteiger partial charge is 0.119 e. The molecule has 0 unspecified atom stereocenters. The summed E-state index contributed by atoms with van der Waals surface area (Å²) in [4.78, 5) is 0. The number of rotatable bonds is 2. The summed E-state index contributed by atoms with van der Waals surface area (Å²) in [5, 5.41) is 9.29. The molecule has 12 heavy (non-hydrogen) atoms. The number of ether oxygens (including phenoxy) is 1. The van der Waals surface area contributed by atoms with Crippen LogP contribution in [0.2, 0.25) is 0 Å². The Morgan fingerprint density at radius 2 is 2.17 bits per heavy atom. The van der Waals surface area contributed by atoms with Gasteiger partial charge in [0.15, 0.2) is 0 Å². The van der Waals surface area contributed by atoms with Crippen LogP contribution in [0.3, 0.4) is 0 Å². The summed E-state index contributed by atoms with van der Waals surface area (Å²) in [6.45, 7) is 1.67. The molecule has 0 saturated carbocycles. The molecule has 0 amide bonds. The molecule has 3 heteroatoms. The van der Waals surface area contributed by atoms with Crippen molar-refractivity contribution in [1.29, 1.82) is 0 Å². The van der Waals surface area contributed by atoms with Crippen molar-refractivity contribution in [2.75, 3.05) is 7.11 Å². The second-order valence-electron chi connectivity index (χ2n) is 2.64. The van der Waals surface area contributed by atoms with Gasteiger partial charge in [0.05, 0.1) is 13.2 Å². The van der Waals surface area contributed by atoms with Gasteiger partial charge < -0.3 is 9.84 Å². The Bertz CT molecular complexity index is 271. The first-order valence-corrected chi connectivity index (χ1v) is 3.77. The van der Waals surface area contributed by atoms with Gasteiger partial charge >= 0.3 is 0 Å². The summed E-state index contributed by atoms with van der Waals surface area (Å²) < 4.78 is 5.00. The van der Waals surface area contributed by atoms with Gasteiger partial charge in [0.2, 0.25) is 0 Å². The monoisotopic (exact) mass is 162 g/mol. The molecule has 1 atom stereocenters. The van der Waals surface area contributed by atoms with E-state index in [-0.39, 0.29) is 0 Å². The maximum absolute atomic E-state index is 9.29. The highest BCUT2D eigenvalue weighted by Crippen LogP contribution is 2.14. The average Bonchev–Trinajstić information content (AvgIpc) is 2.04. The zero-order chi connectivity index (χ0) is 9.14. The zero-order valence-electron chi connectivity index (χ0n) is 7.24. The molecule has 0 saturated heterocycles. The van der Waals surface area contributed by atoms with Crippen molar-refractivity contribution >= 4 is 13.3 Å². The summed E-state index contributed by atoms with van der Waals surface area (Å²) in [5.74, 6) is 0.605. The fraction of sp³-hybridized carbons (Fsp3) is 0.333. The molecule has 1 rings (SSSR count). The quantitative estimate of drug-likeness (QED) is 0.643. The molecule has 0 fully saturated rings. The van der Waals surface area contributed by atoms with E-state index in [2.05, 4.69) is 0 Å². The Morgan fingerprint density at radius 1 is 1.50 bits per heavy atom.